The third kappa shape index (κ3) is 2.22. The molecule has 0 saturated heterocycles. The van der Waals surface area contributed by atoms with Crippen LogP contribution in [0, 0.1) is 0 Å². The summed E-state index contributed by atoms with van der Waals surface area (Å²) in [7, 11) is 1.62. The molecule has 0 bridgehead atoms. The molecule has 3 N–H and O–H groups in total. The highest BCUT2D eigenvalue weighted by Crippen LogP contribution is 2.28. The largest absolute Gasteiger partial charge is 0.497 e. The zero-order chi connectivity index (χ0) is 11.5. The van der Waals surface area contributed by atoms with Crippen LogP contribution in [0.2, 0.25) is 0 Å². The number of benzene rings is 1. The van der Waals surface area contributed by atoms with Crippen LogP contribution in [0.4, 0.5) is 5.13 Å². The Morgan fingerprint density at radius 1 is 1.62 bits per heavy atom. The van der Waals surface area contributed by atoms with Gasteiger partial charge in [0, 0.05) is 0 Å². The monoisotopic (exact) mass is 237 g/mol. The molecule has 2 aromatic rings. The molecule has 0 radical (unpaired) electrons. The van der Waals surface area contributed by atoms with Crippen LogP contribution in [-0.2, 0) is 4.79 Å². The van der Waals surface area contributed by atoms with Gasteiger partial charge in [0.15, 0.2) is 5.13 Å². The Hall–Kier alpha value is -1.82. The van der Waals surface area contributed by atoms with E-state index in [-0.39, 0.29) is 6.54 Å². The van der Waals surface area contributed by atoms with Gasteiger partial charge in [-0.05, 0) is 18.2 Å². The standard InChI is InChI=1S/C10H11N3O2S/c1-15-6-2-3-7-8(4-6)16-10(13-7)12-5-9(11)14/h2-4H,5H2,1H3,(H2,11,14)(H,12,13). The number of anilines is 1. The van der Waals surface area contributed by atoms with Crippen LogP contribution >= 0.6 is 11.3 Å². The molecule has 1 amide bonds. The van der Waals surface area contributed by atoms with Crippen LogP contribution in [0.15, 0.2) is 18.2 Å². The van der Waals surface area contributed by atoms with E-state index >= 15 is 0 Å². The summed E-state index contributed by atoms with van der Waals surface area (Å²) >= 11 is 1.46. The van der Waals surface area contributed by atoms with Gasteiger partial charge < -0.3 is 15.8 Å². The van der Waals surface area contributed by atoms with Crippen LogP contribution in [0.5, 0.6) is 5.75 Å². The van der Waals surface area contributed by atoms with Crippen molar-refractivity contribution in [1.82, 2.24) is 4.98 Å². The smallest absolute Gasteiger partial charge is 0.236 e. The van der Waals surface area contributed by atoms with Crippen molar-refractivity contribution in [3.05, 3.63) is 18.2 Å². The van der Waals surface area contributed by atoms with Gasteiger partial charge in [0.25, 0.3) is 0 Å². The predicted molar refractivity (Wildman–Crippen MR) is 63.9 cm³/mol. The number of rotatable bonds is 4. The summed E-state index contributed by atoms with van der Waals surface area (Å²) in [5.41, 5.74) is 5.91. The maximum atomic E-state index is 10.6. The number of methoxy groups -OCH3 is 1. The number of amides is 1. The van der Waals surface area contributed by atoms with E-state index < -0.39 is 5.91 Å². The van der Waals surface area contributed by atoms with Crippen molar-refractivity contribution >= 4 is 32.6 Å². The lowest BCUT2D eigenvalue weighted by Crippen LogP contribution is -2.21. The number of nitrogens with two attached hydrogens (primary N) is 1. The molecular formula is C10H11N3O2S. The number of hydrogen-bond donors (Lipinski definition) is 2. The Bertz CT molecular complexity index is 524. The molecule has 2 rings (SSSR count). The Labute approximate surface area is 96.2 Å². The molecule has 0 unspecified atom stereocenters. The number of nitrogens with one attached hydrogen (secondary N) is 1. The van der Waals surface area contributed by atoms with Gasteiger partial charge in [-0.3, -0.25) is 4.79 Å². The quantitative estimate of drug-likeness (QED) is 0.837. The first-order valence-electron chi connectivity index (χ1n) is 4.66. The highest BCUT2D eigenvalue weighted by Gasteiger charge is 2.05. The highest BCUT2D eigenvalue weighted by atomic mass is 32.1. The van der Waals surface area contributed by atoms with Crippen LogP contribution < -0.4 is 15.8 Å². The van der Waals surface area contributed by atoms with E-state index in [9.17, 15) is 4.79 Å². The lowest BCUT2D eigenvalue weighted by Gasteiger charge is -1.96. The number of nitrogens with zero attached hydrogens (tertiary/aromatic N) is 1. The highest BCUT2D eigenvalue weighted by molar-refractivity contribution is 7.22. The molecule has 5 nitrogen and oxygen atoms in total. The molecule has 6 heteroatoms. The fourth-order valence-corrected chi connectivity index (χ4v) is 2.16. The number of carbonyl (C=O) groups excluding carboxylic acids is 1. The van der Waals surface area contributed by atoms with Gasteiger partial charge in [-0.1, -0.05) is 11.3 Å². The number of ether oxygens (including phenoxy) is 1. The number of carbonyl (C=O) groups is 1. The number of hydrogen-bond acceptors (Lipinski definition) is 5. The lowest BCUT2D eigenvalue weighted by atomic mass is 10.3. The van der Waals surface area contributed by atoms with E-state index in [1.807, 2.05) is 18.2 Å². The topological polar surface area (TPSA) is 77.2 Å². The van der Waals surface area contributed by atoms with Gasteiger partial charge in [-0.25, -0.2) is 4.98 Å². The summed E-state index contributed by atoms with van der Waals surface area (Å²) in [4.78, 5) is 14.9. The minimum Gasteiger partial charge on any atom is -0.497 e. The molecule has 0 aliphatic rings. The van der Waals surface area contributed by atoms with Gasteiger partial charge >= 0.3 is 0 Å². The van der Waals surface area contributed by atoms with Crippen molar-refractivity contribution in [1.29, 1.82) is 0 Å². The first-order chi connectivity index (χ1) is 7.69. The number of thiazole rings is 1. The fourth-order valence-electron chi connectivity index (χ4n) is 1.27. The van der Waals surface area contributed by atoms with Crippen LogP contribution in [0.25, 0.3) is 10.2 Å². The van der Waals surface area contributed by atoms with Gasteiger partial charge in [-0.2, -0.15) is 0 Å². The van der Waals surface area contributed by atoms with E-state index in [1.54, 1.807) is 7.11 Å². The Morgan fingerprint density at radius 2 is 2.44 bits per heavy atom. The van der Waals surface area contributed by atoms with Crippen molar-refractivity contribution in [2.24, 2.45) is 5.73 Å². The van der Waals surface area contributed by atoms with E-state index in [1.165, 1.54) is 11.3 Å². The van der Waals surface area contributed by atoms with Crippen LogP contribution in [0.3, 0.4) is 0 Å². The summed E-state index contributed by atoms with van der Waals surface area (Å²) in [6, 6.07) is 5.63. The van der Waals surface area contributed by atoms with Gasteiger partial charge in [0.1, 0.15) is 5.75 Å². The van der Waals surface area contributed by atoms with E-state index in [0.29, 0.717) is 5.13 Å². The second-order valence-corrected chi connectivity index (χ2v) is 4.20. The molecule has 84 valence electrons. The molecule has 0 fully saturated rings. The predicted octanol–water partition coefficient (Wildman–Crippen LogP) is 1.20. The van der Waals surface area contributed by atoms with Gasteiger partial charge in [0.05, 0.1) is 23.9 Å². The molecule has 0 spiro atoms. The number of primary amides is 1. The summed E-state index contributed by atoms with van der Waals surface area (Å²) in [5.74, 6) is 0.384. The Balaban J connectivity index is 2.25. The normalized spacial score (nSPS) is 10.3. The van der Waals surface area contributed by atoms with Gasteiger partial charge in [0.2, 0.25) is 5.91 Å². The fraction of sp³-hybridized carbons (Fsp3) is 0.200. The molecular weight excluding hydrogens is 226 g/mol. The maximum Gasteiger partial charge on any atom is 0.236 e. The van der Waals surface area contributed by atoms with Crippen LogP contribution in [-0.4, -0.2) is 24.5 Å². The Kier molecular flexibility index (Phi) is 2.91. The molecule has 0 saturated carbocycles. The third-order valence-corrected chi connectivity index (χ3v) is 2.99. The first-order valence-corrected chi connectivity index (χ1v) is 5.47. The molecule has 0 atom stereocenters. The zero-order valence-corrected chi connectivity index (χ0v) is 9.50. The first kappa shape index (κ1) is 10.7. The zero-order valence-electron chi connectivity index (χ0n) is 8.69. The second kappa shape index (κ2) is 4.36. The molecule has 1 aromatic heterocycles. The summed E-state index contributed by atoms with van der Waals surface area (Å²) in [5, 5.41) is 3.55. The molecule has 0 aliphatic carbocycles. The molecule has 1 heterocycles. The van der Waals surface area contributed by atoms with E-state index in [2.05, 4.69) is 10.3 Å². The van der Waals surface area contributed by atoms with E-state index in [4.69, 9.17) is 10.5 Å². The van der Waals surface area contributed by atoms with Crippen molar-refractivity contribution in [3.8, 4) is 5.75 Å². The third-order valence-electron chi connectivity index (χ3n) is 2.01. The lowest BCUT2D eigenvalue weighted by molar-refractivity contribution is -0.116. The molecule has 16 heavy (non-hydrogen) atoms. The van der Waals surface area contributed by atoms with Crippen molar-refractivity contribution in [3.63, 3.8) is 0 Å². The van der Waals surface area contributed by atoms with Gasteiger partial charge in [-0.15, -0.1) is 0 Å². The number of aromatic nitrogens is 1. The summed E-state index contributed by atoms with van der Waals surface area (Å²) in [6.45, 7) is 0.0942. The average molecular weight is 237 g/mol. The average Bonchev–Trinajstić information content (AvgIpc) is 2.67. The number of fused-ring (bicyclic) bond motifs is 1. The minimum atomic E-state index is -0.406. The minimum absolute atomic E-state index is 0.0942. The van der Waals surface area contributed by atoms with Crippen molar-refractivity contribution in [2.45, 2.75) is 0 Å². The van der Waals surface area contributed by atoms with E-state index in [0.717, 1.165) is 16.0 Å². The van der Waals surface area contributed by atoms with Crippen molar-refractivity contribution in [2.75, 3.05) is 19.0 Å². The SMILES string of the molecule is COc1ccc2nc(NCC(N)=O)sc2c1. The molecule has 0 aliphatic heterocycles. The van der Waals surface area contributed by atoms with Crippen LogP contribution in [0.1, 0.15) is 0 Å². The van der Waals surface area contributed by atoms with Crippen molar-refractivity contribution < 1.29 is 9.53 Å². The molecule has 1 aromatic carbocycles. The summed E-state index contributed by atoms with van der Waals surface area (Å²) < 4.78 is 6.12. The Morgan fingerprint density at radius 3 is 3.12 bits per heavy atom. The second-order valence-electron chi connectivity index (χ2n) is 3.17. The maximum absolute atomic E-state index is 10.6. The summed E-state index contributed by atoms with van der Waals surface area (Å²) in [6.07, 6.45) is 0.